The molecule has 3 aliphatic heterocycles. The van der Waals surface area contributed by atoms with Crippen LogP contribution < -0.4 is 14.8 Å². The molecule has 0 unspecified atom stereocenters. The average molecular weight is 658 g/mol. The third kappa shape index (κ3) is 7.50. The summed E-state index contributed by atoms with van der Waals surface area (Å²) in [6.07, 6.45) is 0.647. The number of aryl methyl sites for hydroxylation is 2. The largest absolute Gasteiger partial charge is 0.477 e. The number of fused-ring (bicyclic) bond motifs is 2. The molecule has 0 spiro atoms. The highest BCUT2D eigenvalue weighted by Gasteiger charge is 2.35. The maximum atomic E-state index is 14.3. The Morgan fingerprint density at radius 3 is 2.43 bits per heavy atom. The van der Waals surface area contributed by atoms with Crippen molar-refractivity contribution in [3.63, 3.8) is 0 Å². The molecule has 3 aromatic rings. The Balaban J connectivity index is 0.000000424. The van der Waals surface area contributed by atoms with E-state index >= 15 is 0 Å². The van der Waals surface area contributed by atoms with Gasteiger partial charge in [0, 0.05) is 57.1 Å². The fourth-order valence-electron chi connectivity index (χ4n) is 5.17. The second kappa shape index (κ2) is 13.7. The molecule has 0 saturated heterocycles. The van der Waals surface area contributed by atoms with Gasteiger partial charge in [0.2, 0.25) is 11.8 Å². The smallest absolute Gasteiger partial charge is 0.407 e. The summed E-state index contributed by atoms with van der Waals surface area (Å²) in [6.45, 7) is 3.52. The number of benzene rings is 1. The van der Waals surface area contributed by atoms with Crippen LogP contribution >= 0.6 is 0 Å². The fraction of sp³-hybridized carbons (Fsp3) is 0.375. The predicted molar refractivity (Wildman–Crippen MR) is 165 cm³/mol. The second-order valence-corrected chi connectivity index (χ2v) is 11.6. The first-order chi connectivity index (χ1) is 22.4. The SMILES string of the molecule is CNC(=O)OC(C)(C)C.Cn1cc(-c2c3cccn(Cc4ccccc4)c-3nc2-c2c(C(F)F)nn3c2OCCC3)c(OC(F)F)n1. The molecule has 250 valence electrons. The lowest BCUT2D eigenvalue weighted by atomic mass is 9.98. The predicted octanol–water partition coefficient (Wildman–Crippen LogP) is 6.76. The molecule has 3 aliphatic rings. The van der Waals surface area contributed by atoms with Gasteiger partial charge >= 0.3 is 12.7 Å². The Kier molecular flexibility index (Phi) is 9.72. The van der Waals surface area contributed by atoms with Crippen LogP contribution in [0.5, 0.6) is 11.8 Å². The number of rotatable bonds is 7. The first kappa shape index (κ1) is 33.3. The Morgan fingerprint density at radius 1 is 1.04 bits per heavy atom. The number of hydrogen-bond donors (Lipinski definition) is 1. The quantitative estimate of drug-likeness (QED) is 0.193. The summed E-state index contributed by atoms with van der Waals surface area (Å²) < 4.78 is 75.2. The Morgan fingerprint density at radius 2 is 1.79 bits per heavy atom. The fourth-order valence-corrected chi connectivity index (χ4v) is 5.17. The molecule has 15 heteroatoms. The maximum Gasteiger partial charge on any atom is 0.407 e. The number of halogens is 4. The minimum absolute atomic E-state index is 0.0315. The second-order valence-electron chi connectivity index (χ2n) is 11.6. The summed E-state index contributed by atoms with van der Waals surface area (Å²) in [5.74, 6) is 0.312. The lowest BCUT2D eigenvalue weighted by Gasteiger charge is -2.18. The van der Waals surface area contributed by atoms with Gasteiger partial charge in [-0.1, -0.05) is 30.3 Å². The van der Waals surface area contributed by atoms with Crippen LogP contribution in [0.4, 0.5) is 22.4 Å². The Bertz CT molecular complexity index is 1790. The van der Waals surface area contributed by atoms with Crippen LogP contribution in [-0.4, -0.2) is 61.1 Å². The van der Waals surface area contributed by atoms with E-state index in [-0.39, 0.29) is 40.3 Å². The lowest BCUT2D eigenvalue weighted by Crippen LogP contribution is -2.30. The van der Waals surface area contributed by atoms with E-state index in [1.165, 1.54) is 22.6 Å². The van der Waals surface area contributed by atoms with Crippen molar-refractivity contribution in [1.29, 1.82) is 0 Å². The van der Waals surface area contributed by atoms with Crippen LogP contribution in [0, 0.1) is 0 Å². The van der Waals surface area contributed by atoms with Gasteiger partial charge in [0.15, 0.2) is 0 Å². The summed E-state index contributed by atoms with van der Waals surface area (Å²) in [5.41, 5.74) is 1.38. The molecule has 11 nitrogen and oxygen atoms in total. The van der Waals surface area contributed by atoms with Crippen molar-refractivity contribution in [2.75, 3.05) is 13.7 Å². The van der Waals surface area contributed by atoms with E-state index in [4.69, 9.17) is 19.2 Å². The van der Waals surface area contributed by atoms with Crippen LogP contribution in [0.3, 0.4) is 0 Å². The number of alkyl carbamates (subject to hydrolysis) is 1. The molecule has 0 aliphatic carbocycles. The van der Waals surface area contributed by atoms with Gasteiger partial charge in [0.05, 0.1) is 23.4 Å². The van der Waals surface area contributed by atoms with Gasteiger partial charge in [-0.2, -0.15) is 13.9 Å². The highest BCUT2D eigenvalue weighted by atomic mass is 19.3. The molecule has 0 saturated carbocycles. The van der Waals surface area contributed by atoms with E-state index in [1.54, 1.807) is 19.2 Å². The van der Waals surface area contributed by atoms with Crippen molar-refractivity contribution in [2.45, 2.75) is 58.9 Å². The van der Waals surface area contributed by atoms with Gasteiger partial charge in [0.1, 0.15) is 17.1 Å². The molecule has 5 heterocycles. The van der Waals surface area contributed by atoms with Crippen LogP contribution in [-0.2, 0) is 24.9 Å². The maximum absolute atomic E-state index is 14.3. The van der Waals surface area contributed by atoms with E-state index in [0.29, 0.717) is 43.1 Å². The zero-order valence-corrected chi connectivity index (χ0v) is 26.5. The summed E-state index contributed by atoms with van der Waals surface area (Å²) in [6, 6.07) is 13.2. The molecular weight excluding hydrogens is 622 g/mol. The van der Waals surface area contributed by atoms with Gasteiger partial charge in [-0.05, 0) is 38.5 Å². The van der Waals surface area contributed by atoms with Crippen LogP contribution in [0.2, 0.25) is 0 Å². The standard InChI is InChI=1S/C26H22F4N6O2.C6H13NO2/c1-34-14-17(24(33-34)38-26(29)30)18-16-9-5-10-35(13-15-7-3-2-4-8-15)23(16)31-20(18)19-21(22(27)28)32-36-11-6-12-37-25(19)36;1-6(2,3)9-5(8)7-4/h2-5,7-10,14,22,26H,6,11-13H2,1H3;1-4H3,(H,7,8). The van der Waals surface area contributed by atoms with E-state index in [0.717, 1.165) is 5.56 Å². The molecule has 0 bridgehead atoms. The van der Waals surface area contributed by atoms with Crippen molar-refractivity contribution < 1.29 is 36.6 Å². The normalized spacial score (nSPS) is 12.8. The number of pyridine rings is 1. The number of alkyl halides is 4. The number of ether oxygens (including phenoxy) is 3. The summed E-state index contributed by atoms with van der Waals surface area (Å²) in [4.78, 5) is 15.3. The Labute approximate surface area is 268 Å². The summed E-state index contributed by atoms with van der Waals surface area (Å²) >= 11 is 0. The van der Waals surface area contributed by atoms with Crippen LogP contribution in [0.25, 0.3) is 33.8 Å². The first-order valence-electron chi connectivity index (χ1n) is 14.8. The van der Waals surface area contributed by atoms with Crippen molar-refractivity contribution in [2.24, 2.45) is 7.05 Å². The van der Waals surface area contributed by atoms with Crippen LogP contribution in [0.1, 0.15) is 44.9 Å². The number of hydrogen-bond acceptors (Lipinski definition) is 7. The zero-order valence-electron chi connectivity index (χ0n) is 26.5. The number of amides is 1. The lowest BCUT2D eigenvalue weighted by molar-refractivity contribution is -0.0527. The third-order valence-corrected chi connectivity index (χ3v) is 6.96. The van der Waals surface area contributed by atoms with Gasteiger partial charge in [-0.3, -0.25) is 4.68 Å². The number of carbonyl (C=O) groups excluding carboxylic acids is 1. The molecule has 0 radical (unpaired) electrons. The molecule has 47 heavy (non-hydrogen) atoms. The number of nitrogens with zero attached hydrogens (tertiary/aromatic N) is 6. The summed E-state index contributed by atoms with van der Waals surface area (Å²) in [7, 11) is 3.10. The third-order valence-electron chi connectivity index (χ3n) is 6.96. The van der Waals surface area contributed by atoms with Crippen molar-refractivity contribution >= 4 is 6.09 Å². The molecular formula is C32H35F4N7O4. The first-order valence-corrected chi connectivity index (χ1v) is 14.8. The van der Waals surface area contributed by atoms with Gasteiger partial charge in [-0.25, -0.2) is 23.2 Å². The van der Waals surface area contributed by atoms with Gasteiger partial charge < -0.3 is 24.1 Å². The molecule has 6 rings (SSSR count). The van der Waals surface area contributed by atoms with E-state index < -0.39 is 18.7 Å². The number of nitrogens with one attached hydrogen (secondary N) is 1. The minimum Gasteiger partial charge on any atom is -0.477 e. The van der Waals surface area contributed by atoms with Crippen molar-refractivity contribution in [3.8, 4) is 45.5 Å². The molecule has 2 aromatic heterocycles. The molecule has 1 amide bonds. The average Bonchev–Trinajstić information content (AvgIpc) is 3.69. The number of aromatic nitrogens is 6. The minimum atomic E-state index is -3.13. The zero-order chi connectivity index (χ0) is 33.9. The highest BCUT2D eigenvalue weighted by Crippen LogP contribution is 2.49. The highest BCUT2D eigenvalue weighted by molar-refractivity contribution is 5.97. The van der Waals surface area contributed by atoms with Gasteiger partial charge in [0.25, 0.3) is 6.43 Å². The molecule has 1 aromatic carbocycles. The summed E-state index contributed by atoms with van der Waals surface area (Å²) in [5, 5.41) is 10.5. The Hall–Kier alpha value is -5.08. The molecule has 1 N–H and O–H groups in total. The van der Waals surface area contributed by atoms with E-state index in [9.17, 15) is 22.4 Å². The van der Waals surface area contributed by atoms with Crippen LogP contribution in [0.15, 0.2) is 54.9 Å². The monoisotopic (exact) mass is 657 g/mol. The topological polar surface area (TPSA) is 110 Å². The van der Waals surface area contributed by atoms with E-state index in [1.807, 2.05) is 61.9 Å². The van der Waals surface area contributed by atoms with Crippen molar-refractivity contribution in [1.82, 2.24) is 34.4 Å². The number of carbonyl (C=O) groups is 1. The van der Waals surface area contributed by atoms with Crippen molar-refractivity contribution in [3.05, 3.63) is 66.1 Å². The molecule has 0 atom stereocenters. The van der Waals surface area contributed by atoms with E-state index in [2.05, 4.69) is 15.5 Å². The van der Waals surface area contributed by atoms with Gasteiger partial charge in [-0.15, -0.1) is 5.10 Å². The molecule has 0 fully saturated rings.